The molecule has 1 rings (SSSR count). The van der Waals surface area contributed by atoms with Crippen LogP contribution in [-0.2, 0) is 0 Å². The zero-order valence-corrected chi connectivity index (χ0v) is 8.38. The van der Waals surface area contributed by atoms with E-state index in [1.807, 2.05) is 0 Å². The van der Waals surface area contributed by atoms with Gasteiger partial charge in [0.25, 0.3) is 0 Å². The molecule has 0 bridgehead atoms. The Labute approximate surface area is 89.5 Å². The Hall–Kier alpha value is -1.30. The van der Waals surface area contributed by atoms with Gasteiger partial charge in [0.15, 0.2) is 11.6 Å². The van der Waals surface area contributed by atoms with Crippen molar-refractivity contribution in [1.29, 1.82) is 0 Å². The van der Waals surface area contributed by atoms with E-state index < -0.39 is 24.0 Å². The minimum absolute atomic E-state index is 0.217. The van der Waals surface area contributed by atoms with Crippen LogP contribution in [0.1, 0.15) is 25.0 Å². The lowest BCUT2D eigenvalue weighted by Crippen LogP contribution is -2.18. The number of halogens is 4. The summed E-state index contributed by atoms with van der Waals surface area (Å²) in [6, 6.07) is 2.87. The number of aliphatic hydroxyl groups is 1. The highest BCUT2D eigenvalue weighted by atomic mass is 19.4. The van der Waals surface area contributed by atoms with E-state index in [2.05, 4.69) is 4.74 Å². The molecule has 16 heavy (non-hydrogen) atoms. The van der Waals surface area contributed by atoms with E-state index in [0.717, 1.165) is 12.1 Å². The first-order valence-corrected chi connectivity index (χ1v) is 4.56. The first kappa shape index (κ1) is 12.8. The summed E-state index contributed by atoms with van der Waals surface area (Å²) in [5.74, 6) is -2.05. The van der Waals surface area contributed by atoms with E-state index in [1.54, 1.807) is 6.92 Å². The lowest BCUT2D eigenvalue weighted by molar-refractivity contribution is -0.275. The van der Waals surface area contributed by atoms with E-state index in [0.29, 0.717) is 6.42 Å². The summed E-state index contributed by atoms with van der Waals surface area (Å²) in [6.07, 6.45) is -5.47. The summed E-state index contributed by atoms with van der Waals surface area (Å²) in [6.45, 7) is 1.67. The van der Waals surface area contributed by atoms with Crippen LogP contribution in [0.2, 0.25) is 0 Å². The summed E-state index contributed by atoms with van der Waals surface area (Å²) in [5, 5.41) is 9.35. The number of rotatable bonds is 3. The third-order valence-electron chi connectivity index (χ3n) is 1.95. The van der Waals surface area contributed by atoms with Crippen LogP contribution < -0.4 is 4.74 Å². The van der Waals surface area contributed by atoms with Gasteiger partial charge in [-0.2, -0.15) is 0 Å². The molecule has 1 N–H and O–H groups in total. The Bertz CT molecular complexity index is 362. The summed E-state index contributed by atoms with van der Waals surface area (Å²) >= 11 is 0. The van der Waals surface area contributed by atoms with Crippen LogP contribution in [0.3, 0.4) is 0 Å². The van der Waals surface area contributed by atoms with E-state index >= 15 is 0 Å². The second kappa shape index (κ2) is 4.69. The summed E-state index contributed by atoms with van der Waals surface area (Å²) in [7, 11) is 0. The molecule has 90 valence electrons. The maximum atomic E-state index is 13.1. The molecule has 0 amide bonds. The predicted octanol–water partition coefficient (Wildman–Crippen LogP) is 3.17. The monoisotopic (exact) mass is 238 g/mol. The van der Waals surface area contributed by atoms with Crippen molar-refractivity contribution in [3.8, 4) is 5.75 Å². The van der Waals surface area contributed by atoms with Gasteiger partial charge in [0.1, 0.15) is 0 Å². The number of hydrogen-bond donors (Lipinski definition) is 1. The van der Waals surface area contributed by atoms with Gasteiger partial charge >= 0.3 is 6.36 Å². The fourth-order valence-corrected chi connectivity index (χ4v) is 1.17. The van der Waals surface area contributed by atoms with E-state index in [-0.39, 0.29) is 5.56 Å². The third-order valence-corrected chi connectivity index (χ3v) is 1.95. The minimum atomic E-state index is -4.92. The molecule has 0 heterocycles. The van der Waals surface area contributed by atoms with Gasteiger partial charge in [0.2, 0.25) is 0 Å². The number of ether oxygens (including phenoxy) is 1. The fraction of sp³-hybridized carbons (Fsp3) is 0.400. The molecule has 6 heteroatoms. The van der Waals surface area contributed by atoms with Gasteiger partial charge in [0, 0.05) is 0 Å². The van der Waals surface area contributed by atoms with Crippen LogP contribution in [0.4, 0.5) is 17.6 Å². The minimum Gasteiger partial charge on any atom is -0.403 e. The van der Waals surface area contributed by atoms with Crippen LogP contribution >= 0.6 is 0 Å². The van der Waals surface area contributed by atoms with Gasteiger partial charge in [0.05, 0.1) is 6.10 Å². The molecule has 0 aliphatic carbocycles. The van der Waals surface area contributed by atoms with Gasteiger partial charge < -0.3 is 9.84 Å². The van der Waals surface area contributed by atoms with Crippen LogP contribution in [-0.4, -0.2) is 11.5 Å². The fourth-order valence-electron chi connectivity index (χ4n) is 1.17. The summed E-state index contributed by atoms with van der Waals surface area (Å²) in [5.41, 5.74) is 0.217. The molecule has 0 aliphatic heterocycles. The van der Waals surface area contributed by atoms with Crippen LogP contribution in [0, 0.1) is 5.82 Å². The lowest BCUT2D eigenvalue weighted by atomic mass is 10.1. The topological polar surface area (TPSA) is 29.5 Å². The molecule has 0 aliphatic rings. The Morgan fingerprint density at radius 2 is 2.00 bits per heavy atom. The Morgan fingerprint density at radius 3 is 2.44 bits per heavy atom. The first-order valence-electron chi connectivity index (χ1n) is 4.56. The summed E-state index contributed by atoms with van der Waals surface area (Å²) < 4.78 is 52.0. The molecule has 0 fully saturated rings. The van der Waals surface area contributed by atoms with Crippen LogP contribution in [0.25, 0.3) is 0 Å². The second-order valence-electron chi connectivity index (χ2n) is 3.16. The quantitative estimate of drug-likeness (QED) is 0.819. The van der Waals surface area contributed by atoms with Gasteiger partial charge in [-0.15, -0.1) is 13.2 Å². The van der Waals surface area contributed by atoms with Crippen molar-refractivity contribution in [2.24, 2.45) is 0 Å². The zero-order valence-electron chi connectivity index (χ0n) is 8.38. The zero-order chi connectivity index (χ0) is 12.3. The Morgan fingerprint density at radius 1 is 1.38 bits per heavy atom. The molecule has 1 aromatic carbocycles. The third kappa shape index (κ3) is 3.37. The molecule has 1 aromatic rings. The number of benzene rings is 1. The van der Waals surface area contributed by atoms with Crippen molar-refractivity contribution < 1.29 is 27.4 Å². The highest BCUT2D eigenvalue weighted by molar-refractivity contribution is 5.30. The number of hydrogen-bond acceptors (Lipinski definition) is 2. The van der Waals surface area contributed by atoms with E-state index in [9.17, 15) is 22.7 Å². The molecule has 0 saturated heterocycles. The van der Waals surface area contributed by atoms with Gasteiger partial charge in [-0.3, -0.25) is 0 Å². The van der Waals surface area contributed by atoms with E-state index in [1.165, 1.54) is 6.07 Å². The SMILES string of the molecule is CCC(O)c1ccc(OC(F)(F)F)c(F)c1. The average molecular weight is 238 g/mol. The number of aliphatic hydroxyl groups excluding tert-OH is 1. The lowest BCUT2D eigenvalue weighted by Gasteiger charge is -2.12. The molecule has 0 spiro atoms. The molecule has 0 radical (unpaired) electrons. The standard InChI is InChI=1S/C10H10F4O2/c1-2-8(15)6-3-4-9(7(11)5-6)16-10(12,13)14/h3-5,8,15H,2H2,1H3. The summed E-state index contributed by atoms with van der Waals surface area (Å²) in [4.78, 5) is 0. The van der Waals surface area contributed by atoms with Crippen molar-refractivity contribution in [3.05, 3.63) is 29.6 Å². The molecule has 2 nitrogen and oxygen atoms in total. The van der Waals surface area contributed by atoms with E-state index in [4.69, 9.17) is 0 Å². The van der Waals surface area contributed by atoms with Gasteiger partial charge in [-0.05, 0) is 24.1 Å². The maximum absolute atomic E-state index is 13.1. The molecule has 1 unspecified atom stereocenters. The van der Waals surface area contributed by atoms with Crippen molar-refractivity contribution in [2.45, 2.75) is 25.8 Å². The average Bonchev–Trinajstić information content (AvgIpc) is 2.18. The van der Waals surface area contributed by atoms with Crippen molar-refractivity contribution >= 4 is 0 Å². The molecule has 0 aromatic heterocycles. The first-order chi connectivity index (χ1) is 7.33. The normalized spacial score (nSPS) is 13.6. The molecule has 0 saturated carbocycles. The van der Waals surface area contributed by atoms with Crippen molar-refractivity contribution in [1.82, 2.24) is 0 Å². The second-order valence-corrected chi connectivity index (χ2v) is 3.16. The highest BCUT2D eigenvalue weighted by Gasteiger charge is 2.32. The van der Waals surface area contributed by atoms with Gasteiger partial charge in [-0.25, -0.2) is 4.39 Å². The number of alkyl halides is 3. The van der Waals surface area contributed by atoms with Gasteiger partial charge in [-0.1, -0.05) is 13.0 Å². The van der Waals surface area contributed by atoms with Crippen LogP contribution in [0.5, 0.6) is 5.75 Å². The van der Waals surface area contributed by atoms with Crippen molar-refractivity contribution in [2.75, 3.05) is 0 Å². The predicted molar refractivity (Wildman–Crippen MR) is 48.3 cm³/mol. The van der Waals surface area contributed by atoms with Crippen molar-refractivity contribution in [3.63, 3.8) is 0 Å². The largest absolute Gasteiger partial charge is 0.573 e. The van der Waals surface area contributed by atoms with Crippen LogP contribution in [0.15, 0.2) is 18.2 Å². The molecule has 1 atom stereocenters. The Balaban J connectivity index is 2.92. The maximum Gasteiger partial charge on any atom is 0.573 e. The Kier molecular flexibility index (Phi) is 3.74. The highest BCUT2D eigenvalue weighted by Crippen LogP contribution is 2.28. The molecular formula is C10H10F4O2. The molecular weight excluding hydrogens is 228 g/mol. The smallest absolute Gasteiger partial charge is 0.403 e.